The highest BCUT2D eigenvalue weighted by Crippen LogP contribution is 2.28. The molecule has 1 rings (SSSR count). The van der Waals surface area contributed by atoms with E-state index in [1.807, 2.05) is 0 Å². The monoisotopic (exact) mass is 317 g/mol. The minimum atomic E-state index is -0.194. The van der Waals surface area contributed by atoms with Crippen molar-refractivity contribution in [2.45, 2.75) is 26.3 Å². The molecular formula is C14H21Cl2N3O. The van der Waals surface area contributed by atoms with E-state index in [-0.39, 0.29) is 5.91 Å². The number of nitrogen functional groups attached to an aromatic ring is 1. The largest absolute Gasteiger partial charge is 0.396 e. The third-order valence-electron chi connectivity index (χ3n) is 3.20. The topological polar surface area (TPSA) is 58.4 Å². The van der Waals surface area contributed by atoms with Crippen LogP contribution in [0, 0.1) is 0 Å². The number of amides is 1. The molecule has 0 aliphatic carbocycles. The van der Waals surface area contributed by atoms with E-state index in [0.29, 0.717) is 33.9 Å². The van der Waals surface area contributed by atoms with E-state index in [0.717, 1.165) is 13.0 Å². The second kappa shape index (κ2) is 7.72. The van der Waals surface area contributed by atoms with Crippen molar-refractivity contribution in [3.8, 4) is 0 Å². The van der Waals surface area contributed by atoms with Gasteiger partial charge in [0, 0.05) is 18.2 Å². The maximum Gasteiger partial charge on any atom is 0.251 e. The van der Waals surface area contributed by atoms with Crippen LogP contribution >= 0.6 is 23.2 Å². The molecule has 4 nitrogen and oxygen atoms in total. The maximum absolute atomic E-state index is 12.0. The zero-order valence-electron chi connectivity index (χ0n) is 12.0. The Morgan fingerprint density at radius 3 is 2.40 bits per heavy atom. The van der Waals surface area contributed by atoms with E-state index in [2.05, 4.69) is 31.1 Å². The first-order chi connectivity index (χ1) is 9.32. The van der Waals surface area contributed by atoms with Crippen molar-refractivity contribution in [2.75, 3.05) is 25.9 Å². The summed E-state index contributed by atoms with van der Waals surface area (Å²) >= 11 is 11.8. The molecule has 6 heteroatoms. The van der Waals surface area contributed by atoms with Crippen LogP contribution in [0.25, 0.3) is 0 Å². The van der Waals surface area contributed by atoms with Crippen molar-refractivity contribution in [1.29, 1.82) is 0 Å². The van der Waals surface area contributed by atoms with E-state index >= 15 is 0 Å². The maximum atomic E-state index is 12.0. The Kier molecular flexibility index (Phi) is 6.59. The molecule has 1 amide bonds. The number of nitrogens with zero attached hydrogens (tertiary/aromatic N) is 1. The SMILES string of the molecule is CC(C)N(C)CCCNC(=O)c1cc(Cl)c(N)c(Cl)c1. The van der Waals surface area contributed by atoms with Gasteiger partial charge in [0.2, 0.25) is 0 Å². The van der Waals surface area contributed by atoms with Crippen LogP contribution in [0.4, 0.5) is 5.69 Å². The number of nitrogens with one attached hydrogen (secondary N) is 1. The molecule has 0 aliphatic heterocycles. The molecule has 0 fully saturated rings. The summed E-state index contributed by atoms with van der Waals surface area (Å²) in [5.74, 6) is -0.194. The molecule has 0 aromatic heterocycles. The molecule has 0 saturated carbocycles. The number of carbonyl (C=O) groups is 1. The van der Waals surface area contributed by atoms with Gasteiger partial charge in [0.1, 0.15) is 0 Å². The van der Waals surface area contributed by atoms with Gasteiger partial charge in [-0.3, -0.25) is 4.79 Å². The summed E-state index contributed by atoms with van der Waals surface area (Å²) in [7, 11) is 2.06. The fourth-order valence-corrected chi connectivity index (χ4v) is 2.09. The van der Waals surface area contributed by atoms with Gasteiger partial charge in [-0.25, -0.2) is 0 Å². The van der Waals surface area contributed by atoms with E-state index in [1.165, 1.54) is 12.1 Å². The molecule has 0 atom stereocenters. The molecule has 0 radical (unpaired) electrons. The lowest BCUT2D eigenvalue weighted by Gasteiger charge is -2.20. The highest BCUT2D eigenvalue weighted by atomic mass is 35.5. The Balaban J connectivity index is 2.48. The molecule has 0 aliphatic rings. The van der Waals surface area contributed by atoms with Gasteiger partial charge in [-0.15, -0.1) is 0 Å². The summed E-state index contributed by atoms with van der Waals surface area (Å²) in [6.45, 7) is 5.81. The molecule has 1 aromatic rings. The number of hydrogen-bond acceptors (Lipinski definition) is 3. The van der Waals surface area contributed by atoms with Gasteiger partial charge in [-0.2, -0.15) is 0 Å². The van der Waals surface area contributed by atoms with E-state index in [9.17, 15) is 4.79 Å². The van der Waals surface area contributed by atoms with Crippen molar-refractivity contribution in [3.63, 3.8) is 0 Å². The molecule has 3 N–H and O–H groups in total. The Morgan fingerprint density at radius 2 is 1.90 bits per heavy atom. The number of benzene rings is 1. The predicted molar refractivity (Wildman–Crippen MR) is 85.6 cm³/mol. The molecule has 0 bridgehead atoms. The summed E-state index contributed by atoms with van der Waals surface area (Å²) in [5.41, 5.74) is 6.35. The van der Waals surface area contributed by atoms with E-state index in [1.54, 1.807) is 0 Å². The van der Waals surface area contributed by atoms with Gasteiger partial charge in [0.15, 0.2) is 0 Å². The Morgan fingerprint density at radius 1 is 1.35 bits per heavy atom. The molecular weight excluding hydrogens is 297 g/mol. The highest BCUT2D eigenvalue weighted by Gasteiger charge is 2.11. The van der Waals surface area contributed by atoms with Crippen LogP contribution in [0.5, 0.6) is 0 Å². The third kappa shape index (κ3) is 4.85. The average Bonchev–Trinajstić information content (AvgIpc) is 2.39. The van der Waals surface area contributed by atoms with Crippen molar-refractivity contribution in [3.05, 3.63) is 27.7 Å². The van der Waals surface area contributed by atoms with Crippen molar-refractivity contribution in [2.24, 2.45) is 0 Å². The van der Waals surface area contributed by atoms with Gasteiger partial charge in [0.05, 0.1) is 15.7 Å². The second-order valence-corrected chi connectivity index (χ2v) is 5.85. The second-order valence-electron chi connectivity index (χ2n) is 5.04. The molecule has 0 spiro atoms. The minimum Gasteiger partial charge on any atom is -0.396 e. The summed E-state index contributed by atoms with van der Waals surface area (Å²) in [6, 6.07) is 3.55. The Bertz CT molecular complexity index is 454. The zero-order valence-corrected chi connectivity index (χ0v) is 13.6. The Labute approximate surface area is 130 Å². The summed E-state index contributed by atoms with van der Waals surface area (Å²) in [4.78, 5) is 14.2. The summed E-state index contributed by atoms with van der Waals surface area (Å²) in [6.07, 6.45) is 0.886. The predicted octanol–water partition coefficient (Wildman–Crippen LogP) is 3.04. The first kappa shape index (κ1) is 17.1. The minimum absolute atomic E-state index is 0.194. The van der Waals surface area contributed by atoms with Crippen LogP contribution < -0.4 is 11.1 Å². The van der Waals surface area contributed by atoms with Gasteiger partial charge in [0.25, 0.3) is 5.91 Å². The average molecular weight is 318 g/mol. The van der Waals surface area contributed by atoms with E-state index < -0.39 is 0 Å². The van der Waals surface area contributed by atoms with Crippen LogP contribution in [0.3, 0.4) is 0 Å². The third-order valence-corrected chi connectivity index (χ3v) is 3.82. The molecule has 0 saturated heterocycles. The number of nitrogens with two attached hydrogens (primary N) is 1. The van der Waals surface area contributed by atoms with Gasteiger partial charge in [-0.1, -0.05) is 23.2 Å². The lowest BCUT2D eigenvalue weighted by molar-refractivity contribution is 0.0951. The molecule has 112 valence electrons. The lowest BCUT2D eigenvalue weighted by atomic mass is 10.2. The van der Waals surface area contributed by atoms with Crippen LogP contribution in [0.1, 0.15) is 30.6 Å². The smallest absolute Gasteiger partial charge is 0.251 e. The van der Waals surface area contributed by atoms with Crippen LogP contribution in [0.2, 0.25) is 10.0 Å². The summed E-state index contributed by atoms with van der Waals surface area (Å²) in [5, 5.41) is 3.43. The number of anilines is 1. The fourth-order valence-electron chi connectivity index (χ4n) is 1.61. The first-order valence-corrected chi connectivity index (χ1v) is 7.31. The van der Waals surface area contributed by atoms with Gasteiger partial charge < -0.3 is 16.0 Å². The van der Waals surface area contributed by atoms with Crippen LogP contribution in [-0.2, 0) is 0 Å². The number of rotatable bonds is 6. The van der Waals surface area contributed by atoms with Crippen molar-refractivity contribution in [1.82, 2.24) is 10.2 Å². The highest BCUT2D eigenvalue weighted by molar-refractivity contribution is 6.39. The summed E-state index contributed by atoms with van der Waals surface area (Å²) < 4.78 is 0. The molecule has 0 unspecified atom stereocenters. The van der Waals surface area contributed by atoms with Crippen LogP contribution in [-0.4, -0.2) is 37.0 Å². The molecule has 0 heterocycles. The van der Waals surface area contributed by atoms with Crippen molar-refractivity contribution < 1.29 is 4.79 Å². The van der Waals surface area contributed by atoms with E-state index in [4.69, 9.17) is 28.9 Å². The van der Waals surface area contributed by atoms with Crippen LogP contribution in [0.15, 0.2) is 12.1 Å². The quantitative estimate of drug-likeness (QED) is 0.626. The fraction of sp³-hybridized carbons (Fsp3) is 0.500. The molecule has 20 heavy (non-hydrogen) atoms. The lowest BCUT2D eigenvalue weighted by Crippen LogP contribution is -2.31. The molecule has 1 aromatic carbocycles. The number of halogens is 2. The normalized spacial score (nSPS) is 11.2. The van der Waals surface area contributed by atoms with Crippen molar-refractivity contribution >= 4 is 34.8 Å². The first-order valence-electron chi connectivity index (χ1n) is 6.56. The van der Waals surface area contributed by atoms with Gasteiger partial charge in [-0.05, 0) is 46.0 Å². The van der Waals surface area contributed by atoms with Gasteiger partial charge >= 0.3 is 0 Å². The number of carbonyl (C=O) groups excluding carboxylic acids is 1. The standard InChI is InChI=1S/C14H21Cl2N3O/c1-9(2)19(3)6-4-5-18-14(20)10-7-11(15)13(17)12(16)8-10/h7-9H,4-6,17H2,1-3H3,(H,18,20). The number of hydrogen-bond donors (Lipinski definition) is 2. The Hall–Kier alpha value is -0.970. The zero-order chi connectivity index (χ0) is 15.3.